The average molecular weight is 500 g/mol. The van der Waals surface area contributed by atoms with Gasteiger partial charge < -0.3 is 40.8 Å². The summed E-state index contributed by atoms with van der Waals surface area (Å²) in [6.45, 7) is 0.130. The summed E-state index contributed by atoms with van der Waals surface area (Å²) in [5, 5.41) is 30.0. The molecule has 1 aliphatic heterocycles. The quantitative estimate of drug-likeness (QED) is 0.130. The van der Waals surface area contributed by atoms with Crippen molar-refractivity contribution in [2.75, 3.05) is 18.5 Å². The number of carbonyl (C=O) groups is 4. The second kappa shape index (κ2) is 11.6. The average Bonchev–Trinajstić information content (AvgIpc) is 2.80. The van der Waals surface area contributed by atoms with Crippen LogP contribution in [0, 0.1) is 5.41 Å². The fourth-order valence-corrected chi connectivity index (χ4v) is 3.39. The molecule has 0 aromatic heterocycles. The van der Waals surface area contributed by atoms with Crippen molar-refractivity contribution in [1.29, 1.82) is 5.41 Å². The molecule has 0 radical (unpaired) electrons. The van der Waals surface area contributed by atoms with Crippen LogP contribution in [0.2, 0.25) is 0 Å². The standard InChI is InChI=1S/C23H24N4O9/c24-23(25)26-13-5-6-14-17(10-13)34-8-9-35-20-12(2-1-3-16(20)36-22(14)33)4-7-18(28)27-15(21(31)32)11-19(29)30/h1-3,5-6,10,15H,4,7-9,11H2,(H,27,28)(H,29,30)(H,31,32)(H4,24,25,26)/t15-/m0/s1. The highest BCUT2D eigenvalue weighted by Crippen LogP contribution is 2.35. The maximum atomic E-state index is 12.9. The van der Waals surface area contributed by atoms with Gasteiger partial charge in [-0.25, -0.2) is 9.59 Å². The SMILES string of the molecule is N=C(N)Nc1ccc2c(c1)OCCOc1c(CCC(=O)N[C@@H](CC(=O)O)C(=O)O)cccc1OC2=O. The second-order valence-electron chi connectivity index (χ2n) is 7.64. The van der Waals surface area contributed by atoms with Crippen molar-refractivity contribution in [1.82, 2.24) is 5.32 Å². The lowest BCUT2D eigenvalue weighted by atomic mass is 10.1. The fraction of sp³-hybridized carbons (Fsp3) is 0.261. The number of hydrogen-bond donors (Lipinski definition) is 6. The molecule has 2 aromatic carbocycles. The van der Waals surface area contributed by atoms with E-state index in [1.807, 2.05) is 0 Å². The van der Waals surface area contributed by atoms with Gasteiger partial charge >= 0.3 is 17.9 Å². The summed E-state index contributed by atoms with van der Waals surface area (Å²) in [7, 11) is 0. The predicted octanol–water partition coefficient (Wildman–Crippen LogP) is 0.959. The van der Waals surface area contributed by atoms with Crippen LogP contribution in [0.3, 0.4) is 0 Å². The molecule has 0 saturated heterocycles. The maximum Gasteiger partial charge on any atom is 0.347 e. The lowest BCUT2D eigenvalue weighted by Gasteiger charge is -2.20. The Morgan fingerprint density at radius 3 is 2.53 bits per heavy atom. The number of carboxylic acids is 2. The van der Waals surface area contributed by atoms with E-state index >= 15 is 0 Å². The van der Waals surface area contributed by atoms with E-state index < -0.39 is 36.3 Å². The molecule has 13 heteroatoms. The van der Waals surface area contributed by atoms with Crippen molar-refractivity contribution in [3.63, 3.8) is 0 Å². The van der Waals surface area contributed by atoms with Crippen molar-refractivity contribution in [2.45, 2.75) is 25.3 Å². The zero-order chi connectivity index (χ0) is 26.2. The molecule has 1 aliphatic rings. The number of anilines is 1. The Morgan fingerprint density at radius 2 is 1.83 bits per heavy atom. The highest BCUT2D eigenvalue weighted by molar-refractivity contribution is 5.96. The minimum Gasteiger partial charge on any atom is -0.489 e. The molecular formula is C23H24N4O9. The van der Waals surface area contributed by atoms with Gasteiger partial charge in [0.2, 0.25) is 5.91 Å². The van der Waals surface area contributed by atoms with Crippen LogP contribution in [0.25, 0.3) is 0 Å². The molecule has 0 fully saturated rings. The first-order valence-corrected chi connectivity index (χ1v) is 10.7. The summed E-state index contributed by atoms with van der Waals surface area (Å²) < 4.78 is 17.0. The molecule has 2 aromatic rings. The molecule has 1 heterocycles. The Kier molecular flexibility index (Phi) is 8.28. The van der Waals surface area contributed by atoms with E-state index in [0.29, 0.717) is 11.3 Å². The highest BCUT2D eigenvalue weighted by Gasteiger charge is 2.24. The lowest BCUT2D eigenvalue weighted by Crippen LogP contribution is -2.42. The number of nitrogens with one attached hydrogen (secondary N) is 3. The molecule has 7 N–H and O–H groups in total. The van der Waals surface area contributed by atoms with Crippen molar-refractivity contribution in [2.24, 2.45) is 5.73 Å². The zero-order valence-electron chi connectivity index (χ0n) is 18.9. The van der Waals surface area contributed by atoms with E-state index in [9.17, 15) is 19.2 Å². The van der Waals surface area contributed by atoms with Gasteiger partial charge in [-0.15, -0.1) is 0 Å². The Hall–Kier alpha value is -4.81. The van der Waals surface area contributed by atoms with E-state index in [0.717, 1.165) is 0 Å². The number of ether oxygens (including phenoxy) is 3. The number of amides is 1. The molecule has 0 spiro atoms. The zero-order valence-corrected chi connectivity index (χ0v) is 18.9. The van der Waals surface area contributed by atoms with E-state index in [1.165, 1.54) is 24.3 Å². The van der Waals surface area contributed by atoms with Crippen LogP contribution in [0.1, 0.15) is 28.8 Å². The summed E-state index contributed by atoms with van der Waals surface area (Å²) in [5.74, 6) is -3.93. The van der Waals surface area contributed by atoms with Crippen molar-refractivity contribution >= 4 is 35.5 Å². The van der Waals surface area contributed by atoms with Crippen molar-refractivity contribution < 1.29 is 43.6 Å². The highest BCUT2D eigenvalue weighted by atomic mass is 16.6. The third-order valence-electron chi connectivity index (χ3n) is 4.96. The van der Waals surface area contributed by atoms with Crippen LogP contribution in [0.15, 0.2) is 36.4 Å². The van der Waals surface area contributed by atoms with Crippen LogP contribution in [0.5, 0.6) is 17.2 Å². The first-order chi connectivity index (χ1) is 17.1. The molecule has 190 valence electrons. The van der Waals surface area contributed by atoms with Gasteiger partial charge in [0.15, 0.2) is 17.5 Å². The molecule has 13 nitrogen and oxygen atoms in total. The van der Waals surface area contributed by atoms with E-state index in [1.54, 1.807) is 12.1 Å². The molecule has 0 unspecified atom stereocenters. The number of guanidine groups is 1. The van der Waals surface area contributed by atoms with Gasteiger partial charge in [-0.2, -0.15) is 0 Å². The molecule has 0 bridgehead atoms. The Balaban J connectivity index is 1.76. The number of rotatable bonds is 8. The third-order valence-corrected chi connectivity index (χ3v) is 4.96. The number of esters is 1. The number of aryl methyl sites for hydroxylation is 1. The Bertz CT molecular complexity index is 1200. The molecule has 0 aliphatic carbocycles. The Labute approximate surface area is 204 Å². The van der Waals surface area contributed by atoms with Crippen molar-refractivity contribution in [3.05, 3.63) is 47.5 Å². The summed E-state index contributed by atoms with van der Waals surface area (Å²) in [4.78, 5) is 47.1. The molecular weight excluding hydrogens is 476 g/mol. The van der Waals surface area contributed by atoms with Gasteiger partial charge in [0.25, 0.3) is 0 Å². The van der Waals surface area contributed by atoms with E-state index in [2.05, 4.69) is 10.6 Å². The van der Waals surface area contributed by atoms with Gasteiger partial charge in [0.05, 0.1) is 6.42 Å². The maximum absolute atomic E-state index is 12.9. The van der Waals surface area contributed by atoms with Crippen LogP contribution in [0.4, 0.5) is 5.69 Å². The monoisotopic (exact) mass is 500 g/mol. The van der Waals surface area contributed by atoms with Gasteiger partial charge in [-0.1, -0.05) is 12.1 Å². The normalized spacial score (nSPS) is 13.4. The smallest absolute Gasteiger partial charge is 0.347 e. The van der Waals surface area contributed by atoms with Crippen molar-refractivity contribution in [3.8, 4) is 17.2 Å². The van der Waals surface area contributed by atoms with E-state index in [-0.39, 0.29) is 54.8 Å². The van der Waals surface area contributed by atoms with Gasteiger partial charge in [-0.05, 0) is 30.2 Å². The number of carboxylic acid groups (broad SMARTS) is 2. The minimum absolute atomic E-state index is 0.0630. The molecule has 1 amide bonds. The van der Waals surface area contributed by atoms with Gasteiger partial charge in [0, 0.05) is 18.2 Å². The largest absolute Gasteiger partial charge is 0.489 e. The molecule has 0 saturated carbocycles. The summed E-state index contributed by atoms with van der Waals surface area (Å²) in [6.07, 6.45) is -0.819. The number of para-hydroxylation sites is 1. The predicted molar refractivity (Wildman–Crippen MR) is 125 cm³/mol. The van der Waals surface area contributed by atoms with Crippen LogP contribution in [-0.2, 0) is 20.8 Å². The van der Waals surface area contributed by atoms with Crippen LogP contribution < -0.4 is 30.6 Å². The first-order valence-electron chi connectivity index (χ1n) is 10.7. The molecule has 36 heavy (non-hydrogen) atoms. The molecule has 3 rings (SSSR count). The minimum atomic E-state index is -1.56. The number of carbonyl (C=O) groups excluding carboxylic acids is 2. The van der Waals surface area contributed by atoms with Crippen LogP contribution >= 0.6 is 0 Å². The summed E-state index contributed by atoms with van der Waals surface area (Å²) >= 11 is 0. The fourth-order valence-electron chi connectivity index (χ4n) is 3.39. The summed E-state index contributed by atoms with van der Waals surface area (Å²) in [5.41, 5.74) is 6.44. The topological polar surface area (TPSA) is 210 Å². The van der Waals surface area contributed by atoms with Gasteiger partial charge in [0.1, 0.15) is 30.6 Å². The number of nitrogens with two attached hydrogens (primary N) is 1. The summed E-state index contributed by atoms with van der Waals surface area (Å²) in [6, 6.07) is 7.75. The Morgan fingerprint density at radius 1 is 1.08 bits per heavy atom. The number of aliphatic carboxylic acids is 2. The van der Waals surface area contributed by atoms with Crippen LogP contribution in [-0.4, -0.2) is 59.2 Å². The second-order valence-corrected chi connectivity index (χ2v) is 7.64. The van der Waals surface area contributed by atoms with E-state index in [4.69, 9.17) is 35.6 Å². The number of hydrogen-bond acceptors (Lipinski definition) is 8. The first kappa shape index (κ1) is 25.8. The number of fused-ring (bicyclic) bond motifs is 2. The molecule has 1 atom stereocenters. The number of benzene rings is 2. The lowest BCUT2D eigenvalue weighted by molar-refractivity contribution is -0.147. The van der Waals surface area contributed by atoms with Gasteiger partial charge in [-0.3, -0.25) is 15.0 Å². The third kappa shape index (κ3) is 6.85.